The molecule has 1 saturated heterocycles. The van der Waals surface area contributed by atoms with Gasteiger partial charge in [-0.05, 0) is 42.9 Å². The lowest BCUT2D eigenvalue weighted by molar-refractivity contribution is -0.124. The second-order valence-electron chi connectivity index (χ2n) is 7.30. The zero-order valence-corrected chi connectivity index (χ0v) is 17.4. The van der Waals surface area contributed by atoms with Crippen molar-refractivity contribution in [3.05, 3.63) is 29.7 Å². The first-order chi connectivity index (χ1) is 12.6. The summed E-state index contributed by atoms with van der Waals surface area (Å²) >= 11 is 0. The lowest BCUT2D eigenvalue weighted by Gasteiger charge is -2.26. The summed E-state index contributed by atoms with van der Waals surface area (Å²) in [6.45, 7) is 3.13. The third-order valence-corrected chi connectivity index (χ3v) is 5.25. The summed E-state index contributed by atoms with van der Waals surface area (Å²) in [6.07, 6.45) is 11.8. The van der Waals surface area contributed by atoms with Crippen molar-refractivity contribution in [1.82, 2.24) is 15.4 Å². The van der Waals surface area contributed by atoms with Crippen molar-refractivity contribution in [1.29, 1.82) is 0 Å². The molecule has 2 aliphatic rings. The summed E-state index contributed by atoms with van der Waals surface area (Å²) in [4.78, 5) is 17.6. The summed E-state index contributed by atoms with van der Waals surface area (Å²) in [5.74, 6) is -0.0447. The summed E-state index contributed by atoms with van der Waals surface area (Å²) in [6, 6.07) is 1.53. The quantitative estimate of drug-likeness (QED) is 0.361. The predicted octanol–water partition coefficient (Wildman–Crippen LogP) is 3.65. The molecule has 0 radical (unpaired) electrons. The molecule has 0 unspecified atom stereocenters. The van der Waals surface area contributed by atoms with Gasteiger partial charge in [0.05, 0.1) is 0 Å². The van der Waals surface area contributed by atoms with E-state index in [1.807, 2.05) is 0 Å². The fourth-order valence-corrected chi connectivity index (χ4v) is 3.90. The average molecular weight is 435 g/mol. The Kier molecular flexibility index (Phi) is 10.7. The number of nitrogens with zero attached hydrogens (tertiary/aromatic N) is 2. The van der Waals surface area contributed by atoms with E-state index < -0.39 is 11.7 Å². The first-order valence-corrected chi connectivity index (χ1v) is 9.40. The number of hydrogen-bond acceptors (Lipinski definition) is 5. The van der Waals surface area contributed by atoms with Gasteiger partial charge in [0.15, 0.2) is 11.6 Å². The van der Waals surface area contributed by atoms with Gasteiger partial charge in [0.25, 0.3) is 5.91 Å². The summed E-state index contributed by atoms with van der Waals surface area (Å²) in [7, 11) is 0. The molecule has 1 aliphatic carbocycles. The molecule has 9 heteroatoms. The summed E-state index contributed by atoms with van der Waals surface area (Å²) < 4.78 is 14.3. The monoisotopic (exact) mass is 434 g/mol. The van der Waals surface area contributed by atoms with Crippen LogP contribution in [0.2, 0.25) is 0 Å². The van der Waals surface area contributed by atoms with E-state index in [0.29, 0.717) is 5.56 Å². The third kappa shape index (κ3) is 7.20. The largest absolute Gasteiger partial charge is 0.364 e. The Bertz CT molecular complexity index is 657. The van der Waals surface area contributed by atoms with E-state index >= 15 is 0 Å². The number of nitrogens with one attached hydrogen (secondary N) is 2. The maximum atomic E-state index is 14.3. The Morgan fingerprint density at radius 2 is 2.04 bits per heavy atom. The maximum absolute atomic E-state index is 14.3. The molecule has 3 rings (SSSR count). The molecule has 1 aliphatic heterocycles. The molecule has 1 amide bonds. The minimum absolute atomic E-state index is 0. The van der Waals surface area contributed by atoms with Gasteiger partial charge in [0.1, 0.15) is 0 Å². The standard InChI is InChI=1S/C19H27FN4O2.2ClH/c20-17-10-15(6-7-18(25)23-26)11-21-19(17)22-16-8-9-24(13-16)12-14-4-2-1-3-5-14;;/h6-7,10-11,14,16,26H,1-5,8-9,12-13H2,(H,21,22)(H,23,25);2*1H/t16-;;/m1../s1. The Morgan fingerprint density at radius 1 is 1.29 bits per heavy atom. The second kappa shape index (κ2) is 12.2. The molecule has 3 N–H and O–H groups in total. The van der Waals surface area contributed by atoms with Gasteiger partial charge in [-0.25, -0.2) is 14.9 Å². The number of halogens is 3. The molecule has 28 heavy (non-hydrogen) atoms. The van der Waals surface area contributed by atoms with Gasteiger partial charge >= 0.3 is 0 Å². The normalized spacial score (nSPS) is 20.4. The number of rotatable bonds is 6. The van der Waals surface area contributed by atoms with Crippen LogP contribution in [0.4, 0.5) is 10.2 Å². The molecule has 0 aromatic carbocycles. The molecular formula is C19H29Cl2FN4O2. The first kappa shape index (κ1) is 24.6. The second-order valence-corrected chi connectivity index (χ2v) is 7.30. The molecule has 2 heterocycles. The number of anilines is 1. The minimum atomic E-state index is -0.670. The Morgan fingerprint density at radius 3 is 2.71 bits per heavy atom. The van der Waals surface area contributed by atoms with Crippen LogP contribution in [0.3, 0.4) is 0 Å². The van der Waals surface area contributed by atoms with Gasteiger partial charge in [-0.1, -0.05) is 19.3 Å². The third-order valence-electron chi connectivity index (χ3n) is 5.25. The Labute approximate surface area is 177 Å². The number of hydrogen-bond donors (Lipinski definition) is 3. The van der Waals surface area contributed by atoms with Crippen molar-refractivity contribution in [3.63, 3.8) is 0 Å². The van der Waals surface area contributed by atoms with E-state index in [0.717, 1.165) is 38.0 Å². The van der Waals surface area contributed by atoms with Crippen molar-refractivity contribution >= 4 is 42.6 Å². The van der Waals surface area contributed by atoms with Crippen LogP contribution < -0.4 is 10.8 Å². The average Bonchev–Trinajstić information content (AvgIpc) is 3.09. The van der Waals surface area contributed by atoms with E-state index in [1.54, 1.807) is 0 Å². The highest BCUT2D eigenvalue weighted by molar-refractivity contribution is 5.90. The molecule has 2 fully saturated rings. The highest BCUT2D eigenvalue weighted by atomic mass is 35.5. The van der Waals surface area contributed by atoms with Gasteiger partial charge in [-0.15, -0.1) is 24.8 Å². The van der Waals surface area contributed by atoms with Crippen LogP contribution in [0.5, 0.6) is 0 Å². The van der Waals surface area contributed by atoms with Gasteiger partial charge < -0.3 is 10.2 Å². The van der Waals surface area contributed by atoms with Crippen molar-refractivity contribution in [3.8, 4) is 0 Å². The highest BCUT2D eigenvalue weighted by Gasteiger charge is 2.26. The zero-order valence-electron chi connectivity index (χ0n) is 15.8. The summed E-state index contributed by atoms with van der Waals surface area (Å²) in [5, 5.41) is 11.6. The van der Waals surface area contributed by atoms with Crippen molar-refractivity contribution in [2.75, 3.05) is 25.0 Å². The number of hydroxylamine groups is 1. The van der Waals surface area contributed by atoms with Crippen molar-refractivity contribution < 1.29 is 14.4 Å². The van der Waals surface area contributed by atoms with Crippen LogP contribution in [0.25, 0.3) is 6.08 Å². The van der Waals surface area contributed by atoms with E-state index in [-0.39, 0.29) is 36.7 Å². The fourth-order valence-electron chi connectivity index (χ4n) is 3.90. The van der Waals surface area contributed by atoms with E-state index in [4.69, 9.17) is 5.21 Å². The molecule has 1 saturated carbocycles. The van der Waals surface area contributed by atoms with Crippen LogP contribution in [-0.4, -0.2) is 46.7 Å². The molecule has 1 aromatic heterocycles. The number of likely N-dealkylation sites (tertiary alicyclic amines) is 1. The zero-order chi connectivity index (χ0) is 18.4. The van der Waals surface area contributed by atoms with Crippen LogP contribution in [0, 0.1) is 11.7 Å². The van der Waals surface area contributed by atoms with Crippen molar-refractivity contribution in [2.24, 2.45) is 5.92 Å². The Hall–Kier alpha value is -1.41. The molecular weight excluding hydrogens is 406 g/mol. The molecule has 0 bridgehead atoms. The Balaban J connectivity index is 0.00000196. The topological polar surface area (TPSA) is 77.5 Å². The molecule has 158 valence electrons. The van der Waals surface area contributed by atoms with Crippen molar-refractivity contribution in [2.45, 2.75) is 44.6 Å². The first-order valence-electron chi connectivity index (χ1n) is 9.40. The number of pyridine rings is 1. The van der Waals surface area contributed by atoms with Crippen LogP contribution in [0.1, 0.15) is 44.1 Å². The van der Waals surface area contributed by atoms with Crippen LogP contribution in [-0.2, 0) is 4.79 Å². The molecule has 1 aromatic rings. The lowest BCUT2D eigenvalue weighted by atomic mass is 9.89. The fraction of sp³-hybridized carbons (Fsp3) is 0.579. The van der Waals surface area contributed by atoms with E-state index in [1.165, 1.54) is 55.9 Å². The van der Waals surface area contributed by atoms with Gasteiger partial charge in [-0.3, -0.25) is 10.0 Å². The number of carbonyl (C=O) groups is 1. The minimum Gasteiger partial charge on any atom is -0.364 e. The molecule has 0 spiro atoms. The van der Waals surface area contributed by atoms with Gasteiger partial charge in [0.2, 0.25) is 0 Å². The predicted molar refractivity (Wildman–Crippen MR) is 113 cm³/mol. The number of carbonyl (C=O) groups excluding carboxylic acids is 1. The van der Waals surface area contributed by atoms with E-state index in [2.05, 4.69) is 15.2 Å². The van der Waals surface area contributed by atoms with E-state index in [9.17, 15) is 9.18 Å². The van der Waals surface area contributed by atoms with Gasteiger partial charge in [0, 0.05) is 37.9 Å². The number of amides is 1. The van der Waals surface area contributed by atoms with Crippen LogP contribution in [0.15, 0.2) is 18.3 Å². The molecule has 6 nitrogen and oxygen atoms in total. The highest BCUT2D eigenvalue weighted by Crippen LogP contribution is 2.26. The van der Waals surface area contributed by atoms with Gasteiger partial charge in [-0.2, -0.15) is 0 Å². The molecule has 1 atom stereocenters. The number of aromatic nitrogens is 1. The smallest absolute Gasteiger partial charge is 0.267 e. The lowest BCUT2D eigenvalue weighted by Crippen LogP contribution is -2.31. The van der Waals surface area contributed by atoms with Crippen LogP contribution >= 0.6 is 24.8 Å². The summed E-state index contributed by atoms with van der Waals surface area (Å²) in [5.41, 5.74) is 1.95. The SMILES string of the molecule is Cl.Cl.O=C(C=Cc1cnc(N[C@@H]2CCN(CC3CCCCC3)C2)c(F)c1)NO. The maximum Gasteiger partial charge on any atom is 0.267 e.